The highest BCUT2D eigenvalue weighted by Gasteiger charge is 2.29. The van der Waals surface area contributed by atoms with Gasteiger partial charge in [-0.15, -0.1) is 0 Å². The minimum absolute atomic E-state index is 0.259. The molecule has 2 nitrogen and oxygen atoms in total. The average molecular weight is 251 g/mol. The molecule has 0 radical (unpaired) electrons. The van der Waals surface area contributed by atoms with Crippen molar-refractivity contribution in [2.45, 2.75) is 38.6 Å². The van der Waals surface area contributed by atoms with E-state index >= 15 is 0 Å². The maximum Gasteiger partial charge on any atom is 0.165 e. The molecule has 3 heteroatoms. The van der Waals surface area contributed by atoms with Crippen molar-refractivity contribution in [3.63, 3.8) is 0 Å². The van der Waals surface area contributed by atoms with Crippen LogP contribution >= 0.6 is 0 Å². The highest BCUT2D eigenvalue weighted by molar-refractivity contribution is 5.32. The summed E-state index contributed by atoms with van der Waals surface area (Å²) in [5.74, 6) is 1.15. The number of nitrogens with one attached hydrogen (secondary N) is 1. The number of rotatable bonds is 4. The molecule has 18 heavy (non-hydrogen) atoms. The molecule has 2 rings (SSSR count). The summed E-state index contributed by atoms with van der Waals surface area (Å²) >= 11 is 0. The molecule has 0 spiro atoms. The van der Waals surface area contributed by atoms with E-state index in [2.05, 4.69) is 19.2 Å². The Kier molecular flexibility index (Phi) is 4.23. The molecule has 100 valence electrons. The van der Waals surface area contributed by atoms with Gasteiger partial charge in [0.1, 0.15) is 0 Å². The van der Waals surface area contributed by atoms with E-state index in [1.807, 2.05) is 6.07 Å². The van der Waals surface area contributed by atoms with Gasteiger partial charge in [0.25, 0.3) is 0 Å². The Labute approximate surface area is 109 Å². The number of benzene rings is 1. The van der Waals surface area contributed by atoms with E-state index in [4.69, 9.17) is 4.74 Å². The van der Waals surface area contributed by atoms with E-state index in [9.17, 15) is 4.39 Å². The Morgan fingerprint density at radius 3 is 2.83 bits per heavy atom. The standard InChI is InChI=1S/C15H22FNO/c1-10(2)8-14-12(6-7-17-14)11-4-5-15(18-3)13(16)9-11/h4-5,9-10,12,14,17H,6-8H2,1-3H3. The van der Waals surface area contributed by atoms with Crippen LogP contribution in [0.4, 0.5) is 4.39 Å². The van der Waals surface area contributed by atoms with Crippen molar-refractivity contribution in [2.24, 2.45) is 5.92 Å². The Hall–Kier alpha value is -1.09. The van der Waals surface area contributed by atoms with Crippen molar-refractivity contribution < 1.29 is 9.13 Å². The molecular weight excluding hydrogens is 229 g/mol. The molecule has 1 aromatic carbocycles. The van der Waals surface area contributed by atoms with Crippen LogP contribution in [0.2, 0.25) is 0 Å². The maximum atomic E-state index is 13.7. The fourth-order valence-electron chi connectivity index (χ4n) is 2.84. The monoisotopic (exact) mass is 251 g/mol. The molecule has 1 fully saturated rings. The molecule has 1 heterocycles. The molecule has 0 aliphatic carbocycles. The molecule has 2 atom stereocenters. The van der Waals surface area contributed by atoms with Crippen LogP contribution in [0.15, 0.2) is 18.2 Å². The lowest BCUT2D eigenvalue weighted by molar-refractivity contribution is 0.384. The summed E-state index contributed by atoms with van der Waals surface area (Å²) in [5.41, 5.74) is 1.09. The normalized spacial score (nSPS) is 23.6. The Balaban J connectivity index is 2.17. The zero-order valence-electron chi connectivity index (χ0n) is 11.4. The zero-order chi connectivity index (χ0) is 13.1. The van der Waals surface area contributed by atoms with Gasteiger partial charge in [0.15, 0.2) is 11.6 Å². The molecule has 1 saturated heterocycles. The topological polar surface area (TPSA) is 21.3 Å². The van der Waals surface area contributed by atoms with Gasteiger partial charge in [-0.05, 0) is 43.0 Å². The van der Waals surface area contributed by atoms with Gasteiger partial charge < -0.3 is 10.1 Å². The van der Waals surface area contributed by atoms with Crippen LogP contribution in [0.1, 0.15) is 38.2 Å². The molecule has 1 N–H and O–H groups in total. The van der Waals surface area contributed by atoms with Crippen molar-refractivity contribution in [3.8, 4) is 5.75 Å². The highest BCUT2D eigenvalue weighted by atomic mass is 19.1. The zero-order valence-corrected chi connectivity index (χ0v) is 11.4. The lowest BCUT2D eigenvalue weighted by Crippen LogP contribution is -2.27. The van der Waals surface area contributed by atoms with Crippen LogP contribution in [0.3, 0.4) is 0 Å². The molecule has 1 aliphatic heterocycles. The third-order valence-corrected chi connectivity index (χ3v) is 3.68. The molecule has 0 amide bonds. The Bertz CT molecular complexity index is 405. The first-order chi connectivity index (χ1) is 8.61. The summed E-state index contributed by atoms with van der Waals surface area (Å²) in [6.07, 6.45) is 2.22. The maximum absolute atomic E-state index is 13.7. The first kappa shape index (κ1) is 13.3. The Morgan fingerprint density at radius 1 is 1.44 bits per heavy atom. The van der Waals surface area contributed by atoms with Gasteiger partial charge in [0, 0.05) is 12.0 Å². The third-order valence-electron chi connectivity index (χ3n) is 3.68. The van der Waals surface area contributed by atoms with E-state index in [1.165, 1.54) is 7.11 Å². The predicted octanol–water partition coefficient (Wildman–Crippen LogP) is 3.33. The van der Waals surface area contributed by atoms with Gasteiger partial charge in [0.05, 0.1) is 7.11 Å². The minimum atomic E-state index is -0.259. The van der Waals surface area contributed by atoms with Gasteiger partial charge in [-0.2, -0.15) is 0 Å². The first-order valence-electron chi connectivity index (χ1n) is 6.68. The van der Waals surface area contributed by atoms with E-state index < -0.39 is 0 Å². The fraction of sp³-hybridized carbons (Fsp3) is 0.600. The average Bonchev–Trinajstić information content (AvgIpc) is 2.76. The quantitative estimate of drug-likeness (QED) is 0.886. The molecule has 0 bridgehead atoms. The van der Waals surface area contributed by atoms with Crippen molar-refractivity contribution in [1.82, 2.24) is 5.32 Å². The SMILES string of the molecule is COc1ccc(C2CCNC2CC(C)C)cc1F. The predicted molar refractivity (Wildman–Crippen MR) is 71.6 cm³/mol. The molecule has 1 aliphatic rings. The second-order valence-electron chi connectivity index (χ2n) is 5.48. The summed E-state index contributed by atoms with van der Waals surface area (Å²) < 4.78 is 18.7. The van der Waals surface area contributed by atoms with Gasteiger partial charge in [0.2, 0.25) is 0 Å². The summed E-state index contributed by atoms with van der Waals surface area (Å²) in [7, 11) is 1.50. The summed E-state index contributed by atoms with van der Waals surface area (Å²) in [6, 6.07) is 5.82. The molecule has 0 aromatic heterocycles. The largest absolute Gasteiger partial charge is 0.494 e. The van der Waals surface area contributed by atoms with Crippen molar-refractivity contribution in [2.75, 3.05) is 13.7 Å². The number of halogens is 1. The number of hydrogen-bond acceptors (Lipinski definition) is 2. The van der Waals surface area contributed by atoms with Crippen molar-refractivity contribution in [3.05, 3.63) is 29.6 Å². The van der Waals surface area contributed by atoms with Crippen LogP contribution in [0, 0.1) is 11.7 Å². The lowest BCUT2D eigenvalue weighted by Gasteiger charge is -2.22. The van der Waals surface area contributed by atoms with Crippen LogP contribution < -0.4 is 10.1 Å². The van der Waals surface area contributed by atoms with Crippen LogP contribution in [-0.4, -0.2) is 19.7 Å². The lowest BCUT2D eigenvalue weighted by atomic mass is 9.87. The second-order valence-corrected chi connectivity index (χ2v) is 5.48. The summed E-state index contributed by atoms with van der Waals surface area (Å²) in [5, 5.41) is 3.53. The van der Waals surface area contributed by atoms with Crippen molar-refractivity contribution >= 4 is 0 Å². The third kappa shape index (κ3) is 2.83. The summed E-state index contributed by atoms with van der Waals surface area (Å²) in [4.78, 5) is 0. The molecule has 0 saturated carbocycles. The van der Waals surface area contributed by atoms with Gasteiger partial charge in [-0.3, -0.25) is 0 Å². The van der Waals surface area contributed by atoms with Crippen LogP contribution in [0.25, 0.3) is 0 Å². The van der Waals surface area contributed by atoms with Gasteiger partial charge in [-0.25, -0.2) is 4.39 Å². The molecule has 2 unspecified atom stereocenters. The first-order valence-corrected chi connectivity index (χ1v) is 6.68. The minimum Gasteiger partial charge on any atom is -0.494 e. The summed E-state index contributed by atoms with van der Waals surface area (Å²) in [6.45, 7) is 5.48. The number of ether oxygens (including phenoxy) is 1. The molecular formula is C15H22FNO. The molecule has 1 aromatic rings. The highest BCUT2D eigenvalue weighted by Crippen LogP contribution is 2.33. The van der Waals surface area contributed by atoms with Crippen LogP contribution in [-0.2, 0) is 0 Å². The number of hydrogen-bond donors (Lipinski definition) is 1. The second kappa shape index (κ2) is 5.70. The fourth-order valence-corrected chi connectivity index (χ4v) is 2.84. The van der Waals surface area contributed by atoms with E-state index in [-0.39, 0.29) is 5.82 Å². The van der Waals surface area contributed by atoms with E-state index in [0.717, 1.165) is 24.9 Å². The van der Waals surface area contributed by atoms with Crippen molar-refractivity contribution in [1.29, 1.82) is 0 Å². The number of methoxy groups -OCH3 is 1. The van der Waals surface area contributed by atoms with Crippen LogP contribution in [0.5, 0.6) is 5.75 Å². The van der Waals surface area contributed by atoms with Gasteiger partial charge in [-0.1, -0.05) is 19.9 Å². The Morgan fingerprint density at radius 2 is 2.22 bits per heavy atom. The smallest absolute Gasteiger partial charge is 0.165 e. The van der Waals surface area contributed by atoms with E-state index in [0.29, 0.717) is 23.6 Å². The van der Waals surface area contributed by atoms with E-state index in [1.54, 1.807) is 12.1 Å². The van der Waals surface area contributed by atoms with Gasteiger partial charge >= 0.3 is 0 Å².